The largest absolute Gasteiger partial charge is 0.485 e. The number of para-hydroxylation sites is 3. The van der Waals surface area contributed by atoms with Crippen LogP contribution < -0.4 is 20.1 Å². The molecule has 9 nitrogen and oxygen atoms in total. The maximum atomic E-state index is 12.8. The summed E-state index contributed by atoms with van der Waals surface area (Å²) < 4.78 is 11.4. The molecule has 4 amide bonds. The van der Waals surface area contributed by atoms with Crippen LogP contribution in [0.1, 0.15) is 6.42 Å². The van der Waals surface area contributed by atoms with E-state index in [2.05, 4.69) is 10.6 Å². The van der Waals surface area contributed by atoms with Crippen LogP contribution >= 0.6 is 0 Å². The van der Waals surface area contributed by atoms with E-state index in [0.717, 1.165) is 0 Å². The number of rotatable bonds is 5. The number of hydrogen-bond acceptors (Lipinski definition) is 5. The molecule has 2 aliphatic heterocycles. The molecule has 0 spiro atoms. The summed E-state index contributed by atoms with van der Waals surface area (Å²) in [5.74, 6) is 1.02. The van der Waals surface area contributed by atoms with E-state index in [1.165, 1.54) is 0 Å². The molecule has 0 saturated carbocycles. The van der Waals surface area contributed by atoms with Gasteiger partial charge in [0.25, 0.3) is 5.91 Å². The van der Waals surface area contributed by atoms with E-state index in [1.807, 2.05) is 30.3 Å². The number of benzene rings is 2. The van der Waals surface area contributed by atoms with Crippen molar-refractivity contribution < 1.29 is 23.9 Å². The Hall–Kier alpha value is -3.75. The van der Waals surface area contributed by atoms with Crippen molar-refractivity contribution in [1.29, 1.82) is 0 Å². The minimum atomic E-state index is -0.681. The number of hydrogen-bond donors (Lipinski definition) is 2. The fourth-order valence-electron chi connectivity index (χ4n) is 3.66. The average molecular weight is 438 g/mol. The zero-order chi connectivity index (χ0) is 22.3. The molecule has 0 bridgehead atoms. The number of ether oxygens (including phenoxy) is 2. The lowest BCUT2D eigenvalue weighted by Gasteiger charge is -2.37. The van der Waals surface area contributed by atoms with Gasteiger partial charge in [-0.15, -0.1) is 0 Å². The molecule has 1 saturated heterocycles. The molecule has 0 unspecified atom stereocenters. The number of amides is 4. The van der Waals surface area contributed by atoms with Gasteiger partial charge in [-0.05, 0) is 24.3 Å². The van der Waals surface area contributed by atoms with Gasteiger partial charge in [0, 0.05) is 44.8 Å². The lowest BCUT2D eigenvalue weighted by atomic mass is 10.2. The monoisotopic (exact) mass is 438 g/mol. The molecule has 32 heavy (non-hydrogen) atoms. The summed E-state index contributed by atoms with van der Waals surface area (Å²) in [6, 6.07) is 16.0. The van der Waals surface area contributed by atoms with Gasteiger partial charge >= 0.3 is 6.03 Å². The molecule has 2 aromatic rings. The number of anilines is 1. The Labute approximate surface area is 186 Å². The minimum absolute atomic E-state index is 0.0525. The molecular formula is C23H26N4O5. The van der Waals surface area contributed by atoms with Crippen LogP contribution in [0.25, 0.3) is 0 Å². The first-order valence-corrected chi connectivity index (χ1v) is 10.6. The lowest BCUT2D eigenvalue weighted by molar-refractivity contribution is -0.146. The second-order valence-electron chi connectivity index (χ2n) is 7.57. The first-order chi connectivity index (χ1) is 15.6. The summed E-state index contributed by atoms with van der Waals surface area (Å²) in [7, 11) is 0. The quantitative estimate of drug-likeness (QED) is 0.740. The zero-order valence-electron chi connectivity index (χ0n) is 17.7. The van der Waals surface area contributed by atoms with Crippen LogP contribution in [-0.2, 0) is 9.59 Å². The van der Waals surface area contributed by atoms with Crippen LogP contribution in [0.4, 0.5) is 10.5 Å². The van der Waals surface area contributed by atoms with Crippen LogP contribution in [-0.4, -0.2) is 73.1 Å². The van der Waals surface area contributed by atoms with Crippen molar-refractivity contribution in [2.45, 2.75) is 12.5 Å². The topological polar surface area (TPSA) is 100 Å². The summed E-state index contributed by atoms with van der Waals surface area (Å²) in [5, 5.41) is 5.40. The average Bonchev–Trinajstić information content (AvgIpc) is 2.84. The standard InChI is InChI=1S/C23H26N4O5/c28-21(10-11-24-23(30)25-17-6-2-1-3-7-17)26-12-14-27(15-13-26)22(29)20-16-31-18-8-4-5-9-19(18)32-20/h1-9,20H,10-16H2,(H2,24,25,30)/t20-/m0/s1. The molecule has 2 heterocycles. The smallest absolute Gasteiger partial charge is 0.319 e. The SMILES string of the molecule is O=C(NCCC(=O)N1CCN(C(=O)[C@@H]2COc3ccccc3O2)CC1)Nc1ccccc1. The Morgan fingerprint density at radius 1 is 0.875 bits per heavy atom. The molecule has 1 fully saturated rings. The number of fused-ring (bicyclic) bond motifs is 1. The number of nitrogens with one attached hydrogen (secondary N) is 2. The van der Waals surface area contributed by atoms with E-state index >= 15 is 0 Å². The summed E-state index contributed by atoms with van der Waals surface area (Å²) in [6.07, 6.45) is -0.480. The Bertz CT molecular complexity index is 960. The first-order valence-electron chi connectivity index (χ1n) is 10.6. The summed E-state index contributed by atoms with van der Waals surface area (Å²) in [6.45, 7) is 2.19. The van der Waals surface area contributed by atoms with Gasteiger partial charge in [-0.2, -0.15) is 0 Å². The molecule has 0 radical (unpaired) electrons. The van der Waals surface area contributed by atoms with Gasteiger partial charge in [-0.25, -0.2) is 4.79 Å². The van der Waals surface area contributed by atoms with Crippen LogP contribution in [0.3, 0.4) is 0 Å². The van der Waals surface area contributed by atoms with E-state index in [4.69, 9.17) is 9.47 Å². The molecule has 1 atom stereocenters. The van der Waals surface area contributed by atoms with Gasteiger partial charge in [-0.1, -0.05) is 30.3 Å². The van der Waals surface area contributed by atoms with Gasteiger partial charge in [0.1, 0.15) is 6.61 Å². The molecule has 2 N–H and O–H groups in total. The van der Waals surface area contributed by atoms with E-state index in [9.17, 15) is 14.4 Å². The molecule has 2 aromatic carbocycles. The third-order valence-electron chi connectivity index (χ3n) is 5.38. The molecular weight excluding hydrogens is 412 g/mol. The maximum Gasteiger partial charge on any atom is 0.319 e. The highest BCUT2D eigenvalue weighted by atomic mass is 16.6. The Morgan fingerprint density at radius 2 is 1.53 bits per heavy atom. The number of piperazine rings is 1. The predicted octanol–water partition coefficient (Wildman–Crippen LogP) is 1.71. The molecule has 4 rings (SSSR count). The van der Waals surface area contributed by atoms with Crippen molar-refractivity contribution in [3.8, 4) is 11.5 Å². The second-order valence-corrected chi connectivity index (χ2v) is 7.57. The van der Waals surface area contributed by atoms with Crippen molar-refractivity contribution >= 4 is 23.5 Å². The summed E-state index contributed by atoms with van der Waals surface area (Å²) >= 11 is 0. The van der Waals surface area contributed by atoms with Gasteiger partial charge < -0.3 is 29.9 Å². The van der Waals surface area contributed by atoms with Crippen molar-refractivity contribution in [2.75, 3.05) is 44.6 Å². The van der Waals surface area contributed by atoms with E-state index < -0.39 is 6.10 Å². The summed E-state index contributed by atoms with van der Waals surface area (Å²) in [4.78, 5) is 40.6. The van der Waals surface area contributed by atoms with Crippen LogP contribution in [0, 0.1) is 0 Å². The van der Waals surface area contributed by atoms with Crippen molar-refractivity contribution in [3.63, 3.8) is 0 Å². The third kappa shape index (κ3) is 5.29. The fraction of sp³-hybridized carbons (Fsp3) is 0.348. The zero-order valence-corrected chi connectivity index (χ0v) is 17.7. The maximum absolute atomic E-state index is 12.8. The Balaban J connectivity index is 1.17. The fourth-order valence-corrected chi connectivity index (χ4v) is 3.66. The molecule has 9 heteroatoms. The van der Waals surface area contributed by atoms with E-state index in [-0.39, 0.29) is 37.4 Å². The Kier molecular flexibility index (Phi) is 6.74. The number of carbonyl (C=O) groups excluding carboxylic acids is 3. The van der Waals surface area contributed by atoms with Gasteiger partial charge in [-0.3, -0.25) is 9.59 Å². The van der Waals surface area contributed by atoms with Crippen molar-refractivity contribution in [2.24, 2.45) is 0 Å². The van der Waals surface area contributed by atoms with Gasteiger partial charge in [0.05, 0.1) is 0 Å². The molecule has 0 aromatic heterocycles. The van der Waals surface area contributed by atoms with E-state index in [1.54, 1.807) is 34.1 Å². The first kappa shape index (κ1) is 21.5. The molecule has 2 aliphatic rings. The normalized spacial score (nSPS) is 17.4. The van der Waals surface area contributed by atoms with Crippen molar-refractivity contribution in [1.82, 2.24) is 15.1 Å². The second kappa shape index (κ2) is 10.0. The minimum Gasteiger partial charge on any atom is -0.485 e. The number of urea groups is 1. The van der Waals surface area contributed by atoms with Gasteiger partial charge in [0.15, 0.2) is 11.5 Å². The number of nitrogens with zero attached hydrogens (tertiary/aromatic N) is 2. The van der Waals surface area contributed by atoms with Crippen molar-refractivity contribution in [3.05, 3.63) is 54.6 Å². The highest BCUT2D eigenvalue weighted by Gasteiger charge is 2.33. The number of carbonyl (C=O) groups is 3. The lowest BCUT2D eigenvalue weighted by Crippen LogP contribution is -2.55. The third-order valence-corrected chi connectivity index (χ3v) is 5.38. The van der Waals surface area contributed by atoms with Crippen LogP contribution in [0.2, 0.25) is 0 Å². The highest BCUT2D eigenvalue weighted by Crippen LogP contribution is 2.31. The molecule has 168 valence electrons. The molecule has 0 aliphatic carbocycles. The van der Waals surface area contributed by atoms with Gasteiger partial charge in [0.2, 0.25) is 12.0 Å². The van der Waals surface area contributed by atoms with Crippen LogP contribution in [0.15, 0.2) is 54.6 Å². The van der Waals surface area contributed by atoms with Crippen LogP contribution in [0.5, 0.6) is 11.5 Å². The highest BCUT2D eigenvalue weighted by molar-refractivity contribution is 5.89. The summed E-state index contributed by atoms with van der Waals surface area (Å²) in [5.41, 5.74) is 0.688. The van der Waals surface area contributed by atoms with E-state index in [0.29, 0.717) is 43.4 Å². The predicted molar refractivity (Wildman–Crippen MR) is 118 cm³/mol. The Morgan fingerprint density at radius 3 is 2.28 bits per heavy atom.